The number of amides is 2. The number of hydrogen-bond donors (Lipinski definition) is 5. The quantitative estimate of drug-likeness (QED) is 0.0197. The minimum Gasteiger partial charge on any atom is -0.775 e. The topological polar surface area (TPSA) is 505 Å². The molecule has 6 saturated heterocycles. The molecule has 0 radical (unpaired) electrons. The molecule has 6 aliphatic rings. The number of nitrogens with one attached hydrogen (secondary N) is 3. The number of halogens is 1. The number of piperidine rings is 3. The first-order chi connectivity index (χ1) is 60.3. The molecule has 0 aromatic carbocycles. The average Bonchev–Trinajstić information content (AvgIpc) is 1.62. The molecular weight excluding hydrogens is 1810 g/mol. The Morgan fingerprint density at radius 2 is 0.849 bits per heavy atom. The normalized spacial score (nSPS) is 20.5. The van der Waals surface area contributed by atoms with Gasteiger partial charge in [0.1, 0.15) is 16.8 Å². The standard InChI is InChI=1S/C27H32N6O3S2.C22H24N6OS2.C20H29N5O3S.C7H4BrNS.H3N17.Na/c1-17-22(31-25(34)36-26(2,3)4)27(16-35-17)7-11-32(12-8-27)24-30-15-20(23-29-10-13-33(23)24)38-19-5-9-28-18-6-14-37-21(18)19;1-14-19(23)22(13-29-14)4-8-27(9-5-22)21-26-12-17(20-25-7-10-28(20)21)31-16-2-6-24-15-3-11-30-18(15)16;1-13-15(23-18(26)28-19(2,3)4)20(12-27-13)5-8-24(9-6-20)17-22-11-14(29)16-21-7-10-25(16)17;8-5-1-3-9-6-2-4-10-7(5)6;1-3-5-7-9-11-13-15-17-16-14-12-10-8-6-4-2;/h5-6,9-10,13-15,17,22H,7-8,11-12,16H2,1-4H3,(H,31,34);2-3,6-7,10-12,14,19H,4-5,8-9,13,23H2,1H3;7,10-11,13,15,29H,5-6,8-9,12H2,1-4H3,(H,23,26);1-4H;(H3,1,2,5,6,9,10,13,14,17);/q;;;;;+1/p-1/t17-,22+;14-,19+;13-,15+;;;/m000.../s1. The Balaban J connectivity index is 0.000000142. The van der Waals surface area contributed by atoms with Gasteiger partial charge in [0.15, 0.2) is 11.3 Å². The number of anilines is 3. The van der Waals surface area contributed by atoms with E-state index >= 15 is 0 Å². The molecule has 12 aromatic heterocycles. The molecule has 0 aliphatic carbocycles. The summed E-state index contributed by atoms with van der Waals surface area (Å²) in [6, 6.07) is 12.1. The molecule has 0 unspecified atom stereocenters. The molecule has 126 heavy (non-hydrogen) atoms. The van der Waals surface area contributed by atoms with Gasteiger partial charge in [-0.25, -0.2) is 39.5 Å². The molecule has 12 aromatic rings. The molecule has 0 saturated carbocycles. The molecule has 42 nitrogen and oxygen atoms in total. The molecule has 0 bridgehead atoms. The fraction of sp³-hybridized carbons (Fsp3) is 0.461. The average molecular weight is 1900 g/mol. The number of ether oxygens (including phenoxy) is 5. The summed E-state index contributed by atoms with van der Waals surface area (Å²) in [5.74, 6) is 7.27. The Bertz CT molecular complexity index is 5950. The van der Waals surface area contributed by atoms with E-state index in [2.05, 4.69) is 199 Å². The second kappa shape index (κ2) is 42.3. The van der Waals surface area contributed by atoms with Gasteiger partial charge in [-0.1, -0.05) is 28.7 Å². The van der Waals surface area contributed by atoms with Crippen molar-refractivity contribution in [3.05, 3.63) is 131 Å². The summed E-state index contributed by atoms with van der Waals surface area (Å²) in [6.45, 7) is 24.5. The van der Waals surface area contributed by atoms with E-state index < -0.39 is 11.2 Å². The molecular formula is C76H91BrN35NaO7S6. The van der Waals surface area contributed by atoms with Crippen LogP contribution in [0.15, 0.2) is 234 Å². The molecule has 50 heteroatoms. The van der Waals surface area contributed by atoms with Crippen molar-refractivity contribution < 1.29 is 62.8 Å². The number of rotatable bonds is 16. The third-order valence-corrected chi connectivity index (χ3v) is 28.3. The van der Waals surface area contributed by atoms with Gasteiger partial charge in [-0.05, 0) is 242 Å². The van der Waals surface area contributed by atoms with Gasteiger partial charge in [-0.15, -0.1) is 38.9 Å². The largest absolute Gasteiger partial charge is 1.00 e. The van der Waals surface area contributed by atoms with E-state index in [1.54, 1.807) is 76.1 Å². The molecule has 7 N–H and O–H groups in total. The molecule has 3 spiro atoms. The zero-order valence-electron chi connectivity index (χ0n) is 70.5. The first-order valence-electron chi connectivity index (χ1n) is 39.7. The van der Waals surface area contributed by atoms with Crippen LogP contribution in [0.3, 0.4) is 0 Å². The van der Waals surface area contributed by atoms with Crippen molar-refractivity contribution in [1.29, 1.82) is 5.53 Å². The summed E-state index contributed by atoms with van der Waals surface area (Å²) >= 11 is 17.3. The van der Waals surface area contributed by atoms with Crippen molar-refractivity contribution in [2.24, 2.45) is 106 Å². The Morgan fingerprint density at radius 1 is 0.492 bits per heavy atom. The fourth-order valence-electron chi connectivity index (χ4n) is 15.9. The molecule has 18 rings (SSSR count). The number of alkyl carbamates (subject to hydrolysis) is 2. The predicted molar refractivity (Wildman–Crippen MR) is 475 cm³/mol. The summed E-state index contributed by atoms with van der Waals surface area (Å²) in [7, 11) is 0. The van der Waals surface area contributed by atoms with Gasteiger partial charge in [0.25, 0.3) is 0 Å². The van der Waals surface area contributed by atoms with E-state index in [1.165, 1.54) is 19.0 Å². The summed E-state index contributed by atoms with van der Waals surface area (Å²) in [6.07, 6.45) is 27.3. The van der Waals surface area contributed by atoms with Crippen molar-refractivity contribution in [1.82, 2.24) is 68.7 Å². The maximum Gasteiger partial charge on any atom is 1.00 e. The molecule has 6 fully saturated rings. The van der Waals surface area contributed by atoms with Gasteiger partial charge in [0, 0.05) is 150 Å². The van der Waals surface area contributed by atoms with Gasteiger partial charge in [-0.2, -0.15) is 5.53 Å². The Morgan fingerprint density at radius 3 is 1.25 bits per heavy atom. The SMILES string of the molecule is Brc1ccnc2ccsc12.C[C@@H]1OCC2(CCN(c3ncc(Sc4ccnc5ccsc45)c4nccn34)CC2)[C@@H]1N.C[C@@H]1OCC2(CCN(c3ncc(Sc4ccnc5ccsc45)c4nccn34)CC2)[C@@H]1NC(=O)OC(C)(C)C.C[C@@H]1OCC2(CCN(c3ncc([S-])c4nccn34)CC2)[C@@H]1NC(=O)OC(C)(C)C.N=N/N=N/N=N/N=N/N=N/N=N/N=N/N=N/N.[Na+]. The summed E-state index contributed by atoms with van der Waals surface area (Å²) in [4.78, 5) is 78.0. The minimum absolute atomic E-state index is 0. The number of pyridine rings is 3. The Hall–Kier alpha value is -10.0. The van der Waals surface area contributed by atoms with Gasteiger partial charge in [0.05, 0.1) is 90.7 Å². The summed E-state index contributed by atoms with van der Waals surface area (Å²) in [5, 5.41) is 55.7. The van der Waals surface area contributed by atoms with Gasteiger partial charge >= 0.3 is 41.7 Å². The van der Waals surface area contributed by atoms with Gasteiger partial charge in [-0.3, -0.25) is 28.2 Å². The van der Waals surface area contributed by atoms with Crippen LogP contribution in [0.2, 0.25) is 0 Å². The monoisotopic (exact) mass is 1900 g/mol. The van der Waals surface area contributed by atoms with Crippen LogP contribution in [0.25, 0.3) is 47.6 Å². The van der Waals surface area contributed by atoms with Crippen molar-refractivity contribution in [3.8, 4) is 0 Å². The van der Waals surface area contributed by atoms with E-state index in [0.717, 1.165) is 155 Å². The maximum atomic E-state index is 12.6. The van der Waals surface area contributed by atoms with Crippen molar-refractivity contribution >= 4 is 164 Å². The number of imidazole rings is 3. The number of carbonyl (C=O) groups excluding carboxylic acids is 2. The van der Waals surface area contributed by atoms with Crippen LogP contribution in [-0.4, -0.2) is 177 Å². The predicted octanol–water partition coefficient (Wildman–Crippen LogP) is 14.3. The second-order valence-electron chi connectivity index (χ2n) is 31.9. The number of aromatic nitrogens is 12. The summed E-state index contributed by atoms with van der Waals surface area (Å²) in [5.41, 5.74) is 17.2. The third kappa shape index (κ3) is 22.4. The smallest absolute Gasteiger partial charge is 0.775 e. The van der Waals surface area contributed by atoms with Crippen LogP contribution in [0.5, 0.6) is 0 Å². The van der Waals surface area contributed by atoms with Crippen LogP contribution in [0, 0.1) is 21.8 Å². The molecule has 656 valence electrons. The molecule has 18 heterocycles. The van der Waals surface area contributed by atoms with Crippen LogP contribution in [0.4, 0.5) is 27.4 Å². The number of nitrogens with zero attached hydrogens (tertiary/aromatic N) is 30. The van der Waals surface area contributed by atoms with Crippen LogP contribution in [0.1, 0.15) is 101 Å². The number of nitrogens with two attached hydrogens (primary N) is 2. The van der Waals surface area contributed by atoms with Crippen molar-refractivity contribution in [3.63, 3.8) is 0 Å². The van der Waals surface area contributed by atoms with E-state index in [1.807, 2.05) is 145 Å². The van der Waals surface area contributed by atoms with E-state index in [9.17, 15) is 9.59 Å². The van der Waals surface area contributed by atoms with Crippen molar-refractivity contribution in [2.75, 3.05) is 73.8 Å². The van der Waals surface area contributed by atoms with E-state index in [4.69, 9.17) is 57.5 Å². The molecule has 2 amide bonds. The van der Waals surface area contributed by atoms with Crippen LogP contribution in [-0.2, 0) is 36.3 Å². The zero-order valence-corrected chi connectivity index (χ0v) is 78.9. The first-order valence-corrected chi connectivity index (χ1v) is 45.1. The minimum atomic E-state index is -0.539. The van der Waals surface area contributed by atoms with Crippen molar-refractivity contribution in [2.45, 2.75) is 173 Å². The van der Waals surface area contributed by atoms with E-state index in [0.29, 0.717) is 18.1 Å². The fourth-order valence-corrected chi connectivity index (χ4v) is 21.3. The van der Waals surface area contributed by atoms with E-state index in [-0.39, 0.29) is 94.4 Å². The third-order valence-electron chi connectivity index (χ3n) is 21.9. The van der Waals surface area contributed by atoms with Crippen LogP contribution < -0.4 is 66.5 Å². The maximum absolute atomic E-state index is 12.6. The molecule has 6 atom stereocenters. The van der Waals surface area contributed by atoms with Gasteiger partial charge < -0.3 is 73.2 Å². The second-order valence-corrected chi connectivity index (χ2v) is 38.1. The number of hydrogen-bond acceptors (Lipinski definition) is 28. The van der Waals surface area contributed by atoms with Gasteiger partial charge in [0.2, 0.25) is 17.8 Å². The number of carbonyl (C=O) groups is 2. The first kappa shape index (κ1) is 93.6. The number of thiophene rings is 3. The number of fused-ring (bicyclic) bond motifs is 6. The van der Waals surface area contributed by atoms with Crippen LogP contribution >= 0.6 is 73.5 Å². The summed E-state index contributed by atoms with van der Waals surface area (Å²) < 4.78 is 39.8. The Kier molecular flexibility index (Phi) is 31.4. The Labute approximate surface area is 778 Å². The zero-order chi connectivity index (χ0) is 87.9. The molecule has 6 aliphatic heterocycles.